The van der Waals surface area contributed by atoms with Gasteiger partial charge in [-0.05, 0) is 67.7 Å². The zero-order valence-electron chi connectivity index (χ0n) is 17.1. The Hall–Kier alpha value is -1.83. The summed E-state index contributed by atoms with van der Waals surface area (Å²) in [5.41, 5.74) is 4.35. The fourth-order valence-corrected chi connectivity index (χ4v) is 1.90. The van der Waals surface area contributed by atoms with Crippen LogP contribution in [0.2, 0.25) is 0 Å². The molecule has 0 spiro atoms. The third kappa shape index (κ3) is 12.5. The van der Waals surface area contributed by atoms with Gasteiger partial charge >= 0.3 is 12.1 Å². The van der Waals surface area contributed by atoms with Crippen LogP contribution in [0.3, 0.4) is 0 Å². The lowest BCUT2D eigenvalue weighted by Crippen LogP contribution is -2.49. The summed E-state index contributed by atoms with van der Waals surface area (Å²) in [7, 11) is 0. The summed E-state index contributed by atoms with van der Waals surface area (Å²) >= 11 is 0. The van der Waals surface area contributed by atoms with E-state index in [4.69, 9.17) is 15.2 Å². The van der Waals surface area contributed by atoms with Gasteiger partial charge in [0.15, 0.2) is 0 Å². The standard InChI is InChI=1S/C18H35N3O5/c1-12(19)14(22)21-13(15(23)25-17(2,3)4)10-8-9-11-20-16(24)26-18(5,6)7/h12-13H,8-11,19H2,1-7H3,(H,20,24)(H,21,22)/t12-,13-/m0/s1. The molecule has 0 aliphatic heterocycles. The Balaban J connectivity index is 4.44. The van der Waals surface area contributed by atoms with Crippen molar-refractivity contribution in [2.45, 2.75) is 91.0 Å². The zero-order valence-corrected chi connectivity index (χ0v) is 17.1. The van der Waals surface area contributed by atoms with E-state index >= 15 is 0 Å². The second-order valence-electron chi connectivity index (χ2n) is 8.31. The summed E-state index contributed by atoms with van der Waals surface area (Å²) in [6.45, 7) is 12.6. The largest absolute Gasteiger partial charge is 0.458 e. The Kier molecular flexibility index (Phi) is 9.62. The molecule has 0 rings (SSSR count). The molecule has 152 valence electrons. The number of amides is 2. The third-order valence-electron chi connectivity index (χ3n) is 3.01. The predicted molar refractivity (Wildman–Crippen MR) is 99.5 cm³/mol. The topological polar surface area (TPSA) is 120 Å². The molecule has 4 N–H and O–H groups in total. The Labute approximate surface area is 156 Å². The van der Waals surface area contributed by atoms with E-state index < -0.39 is 41.3 Å². The molecule has 8 heteroatoms. The molecular formula is C18H35N3O5. The molecule has 2 amide bonds. The van der Waals surface area contributed by atoms with E-state index in [0.29, 0.717) is 25.8 Å². The van der Waals surface area contributed by atoms with E-state index in [2.05, 4.69) is 10.6 Å². The molecule has 8 nitrogen and oxygen atoms in total. The van der Waals surface area contributed by atoms with Gasteiger partial charge in [-0.1, -0.05) is 0 Å². The summed E-state index contributed by atoms with van der Waals surface area (Å²) in [4.78, 5) is 35.7. The van der Waals surface area contributed by atoms with Crippen LogP contribution in [0.5, 0.6) is 0 Å². The van der Waals surface area contributed by atoms with Gasteiger partial charge in [-0.15, -0.1) is 0 Å². The summed E-state index contributed by atoms with van der Waals surface area (Å²) < 4.78 is 10.5. The lowest BCUT2D eigenvalue weighted by molar-refractivity contribution is -0.159. The monoisotopic (exact) mass is 373 g/mol. The van der Waals surface area contributed by atoms with Crippen molar-refractivity contribution < 1.29 is 23.9 Å². The van der Waals surface area contributed by atoms with Gasteiger partial charge in [0.2, 0.25) is 5.91 Å². The van der Waals surface area contributed by atoms with E-state index in [0.717, 1.165) is 0 Å². The molecule has 0 bridgehead atoms. The van der Waals surface area contributed by atoms with Gasteiger partial charge in [-0.25, -0.2) is 9.59 Å². The molecule has 0 radical (unpaired) electrons. The second-order valence-corrected chi connectivity index (χ2v) is 8.31. The number of carbonyl (C=O) groups excluding carboxylic acids is 3. The highest BCUT2D eigenvalue weighted by atomic mass is 16.6. The smallest absolute Gasteiger partial charge is 0.407 e. The van der Waals surface area contributed by atoms with Gasteiger partial charge in [0.05, 0.1) is 6.04 Å². The number of esters is 1. The first-order valence-electron chi connectivity index (χ1n) is 8.97. The molecule has 0 aliphatic rings. The Bertz CT molecular complexity index is 478. The van der Waals surface area contributed by atoms with Gasteiger partial charge in [0, 0.05) is 6.54 Å². The highest BCUT2D eigenvalue weighted by Crippen LogP contribution is 2.12. The first kappa shape index (κ1) is 24.2. The van der Waals surface area contributed by atoms with Crippen molar-refractivity contribution in [3.8, 4) is 0 Å². The number of alkyl carbamates (subject to hydrolysis) is 1. The van der Waals surface area contributed by atoms with Crippen molar-refractivity contribution in [3.63, 3.8) is 0 Å². The first-order valence-corrected chi connectivity index (χ1v) is 8.97. The number of rotatable bonds is 8. The Morgan fingerprint density at radius 1 is 0.962 bits per heavy atom. The average Bonchev–Trinajstić information content (AvgIpc) is 2.41. The molecule has 0 aliphatic carbocycles. The SMILES string of the molecule is C[C@H](N)C(=O)N[C@@H](CCCCNC(=O)OC(C)(C)C)C(=O)OC(C)(C)C. The first-order chi connectivity index (χ1) is 11.7. The maximum absolute atomic E-state index is 12.3. The number of nitrogens with two attached hydrogens (primary N) is 1. The molecule has 0 aromatic heterocycles. The van der Waals surface area contributed by atoms with Crippen LogP contribution in [0.25, 0.3) is 0 Å². The quantitative estimate of drug-likeness (QED) is 0.441. The highest BCUT2D eigenvalue weighted by Gasteiger charge is 2.27. The number of unbranched alkanes of at least 4 members (excludes halogenated alkanes) is 1. The van der Waals surface area contributed by atoms with Gasteiger partial charge in [-0.2, -0.15) is 0 Å². The van der Waals surface area contributed by atoms with Crippen LogP contribution in [-0.2, 0) is 19.1 Å². The molecule has 0 fully saturated rings. The maximum atomic E-state index is 12.3. The molecule has 0 aromatic rings. The minimum absolute atomic E-state index is 0.392. The van der Waals surface area contributed by atoms with E-state index in [-0.39, 0.29) is 0 Å². The summed E-state index contributed by atoms with van der Waals surface area (Å²) in [6, 6.07) is -1.48. The zero-order chi connectivity index (χ0) is 20.5. The molecule has 0 saturated carbocycles. The minimum Gasteiger partial charge on any atom is -0.458 e. The van der Waals surface area contributed by atoms with E-state index in [1.165, 1.54) is 0 Å². The second kappa shape index (κ2) is 10.4. The lowest BCUT2D eigenvalue weighted by atomic mass is 10.1. The molecule has 0 aromatic carbocycles. The van der Waals surface area contributed by atoms with Crippen LogP contribution in [0.15, 0.2) is 0 Å². The normalized spacial score (nSPS) is 14.2. The predicted octanol–water partition coefficient (Wildman–Crippen LogP) is 1.86. The van der Waals surface area contributed by atoms with Gasteiger partial charge in [0.1, 0.15) is 17.2 Å². The Morgan fingerprint density at radius 3 is 1.96 bits per heavy atom. The Morgan fingerprint density at radius 2 is 1.50 bits per heavy atom. The fourth-order valence-electron chi connectivity index (χ4n) is 1.90. The van der Waals surface area contributed by atoms with Crippen molar-refractivity contribution in [1.29, 1.82) is 0 Å². The van der Waals surface area contributed by atoms with Crippen molar-refractivity contribution in [2.24, 2.45) is 5.73 Å². The highest BCUT2D eigenvalue weighted by molar-refractivity contribution is 5.87. The van der Waals surface area contributed by atoms with Crippen LogP contribution in [-0.4, -0.2) is 47.8 Å². The summed E-state index contributed by atoms with van der Waals surface area (Å²) in [5.74, 6) is -0.903. The third-order valence-corrected chi connectivity index (χ3v) is 3.01. The number of hydrogen-bond acceptors (Lipinski definition) is 6. The molecule has 0 heterocycles. The number of hydrogen-bond donors (Lipinski definition) is 3. The van der Waals surface area contributed by atoms with Crippen LogP contribution in [0.1, 0.15) is 67.7 Å². The maximum Gasteiger partial charge on any atom is 0.407 e. The minimum atomic E-state index is -0.769. The van der Waals surface area contributed by atoms with Gasteiger partial charge in [0.25, 0.3) is 0 Å². The molecule has 0 saturated heterocycles. The van der Waals surface area contributed by atoms with Crippen LogP contribution in [0.4, 0.5) is 4.79 Å². The lowest BCUT2D eigenvalue weighted by Gasteiger charge is -2.25. The van der Waals surface area contributed by atoms with Crippen LogP contribution < -0.4 is 16.4 Å². The van der Waals surface area contributed by atoms with Crippen LogP contribution in [0, 0.1) is 0 Å². The van der Waals surface area contributed by atoms with E-state index in [1.54, 1.807) is 48.5 Å². The van der Waals surface area contributed by atoms with E-state index in [1.807, 2.05) is 0 Å². The number of carbonyl (C=O) groups is 3. The molecule has 26 heavy (non-hydrogen) atoms. The summed E-state index contributed by atoms with van der Waals surface area (Å²) in [5, 5.41) is 5.27. The molecule has 2 atom stereocenters. The van der Waals surface area contributed by atoms with Crippen molar-refractivity contribution in [2.75, 3.05) is 6.54 Å². The van der Waals surface area contributed by atoms with Crippen molar-refractivity contribution >= 4 is 18.0 Å². The van der Waals surface area contributed by atoms with Crippen molar-refractivity contribution in [1.82, 2.24) is 10.6 Å². The average molecular weight is 373 g/mol. The number of ether oxygens (including phenoxy) is 2. The van der Waals surface area contributed by atoms with Gasteiger partial charge in [-0.3, -0.25) is 4.79 Å². The number of nitrogens with one attached hydrogen (secondary N) is 2. The summed E-state index contributed by atoms with van der Waals surface area (Å²) in [6.07, 6.45) is 1.15. The van der Waals surface area contributed by atoms with Gasteiger partial charge < -0.3 is 25.8 Å². The van der Waals surface area contributed by atoms with Crippen molar-refractivity contribution in [3.05, 3.63) is 0 Å². The van der Waals surface area contributed by atoms with Crippen LogP contribution >= 0.6 is 0 Å². The van der Waals surface area contributed by atoms with E-state index in [9.17, 15) is 14.4 Å². The fraction of sp³-hybridized carbons (Fsp3) is 0.833. The molecular weight excluding hydrogens is 338 g/mol. The molecule has 0 unspecified atom stereocenters.